The average Bonchev–Trinajstić information content (AvgIpc) is 3.10. The molecule has 0 saturated heterocycles. The summed E-state index contributed by atoms with van der Waals surface area (Å²) in [5.74, 6) is 1.73. The molecule has 6 aromatic rings. The van der Waals surface area contributed by atoms with Gasteiger partial charge in [0.1, 0.15) is 25.6 Å². The number of benzene rings is 4. The third kappa shape index (κ3) is 7.85. The van der Waals surface area contributed by atoms with Gasteiger partial charge in [0.05, 0.1) is 0 Å². The standard InChI is InChI=1S/C42H38N2O2/c1-43-29-9-7-13-39(43)31-45-41-15-5-3-11-37(41)27-21-33-17-23-35(24-18-33)36-25-19-34(20-26-36)22-28-38-12-4-6-16-42(38)46-32-40-14-8-10-30-44(40)2/h3-30H,31-32H2,1-2H3/q+2. The third-order valence-electron chi connectivity index (χ3n) is 7.98. The number of nitrogens with zero attached hydrogens (tertiary/aromatic N) is 2. The summed E-state index contributed by atoms with van der Waals surface area (Å²) in [6, 6.07) is 45.8. The molecule has 0 aliphatic heterocycles. The van der Waals surface area contributed by atoms with Crippen LogP contribution in [0.4, 0.5) is 0 Å². The Morgan fingerprint density at radius 2 is 0.826 bits per heavy atom. The molecule has 0 aliphatic carbocycles. The number of aryl methyl sites for hydroxylation is 2. The van der Waals surface area contributed by atoms with Crippen LogP contribution < -0.4 is 18.6 Å². The van der Waals surface area contributed by atoms with Crippen molar-refractivity contribution in [3.05, 3.63) is 179 Å². The Hall–Kier alpha value is -5.74. The molecule has 4 nitrogen and oxygen atoms in total. The lowest BCUT2D eigenvalue weighted by molar-refractivity contribution is -0.680. The molecule has 0 atom stereocenters. The highest BCUT2D eigenvalue weighted by Crippen LogP contribution is 2.25. The van der Waals surface area contributed by atoms with E-state index in [2.05, 4.69) is 106 Å². The maximum atomic E-state index is 6.17. The van der Waals surface area contributed by atoms with E-state index in [1.807, 2.05) is 87.2 Å². The fourth-order valence-corrected chi connectivity index (χ4v) is 5.17. The van der Waals surface area contributed by atoms with E-state index in [4.69, 9.17) is 9.47 Å². The quantitative estimate of drug-likeness (QED) is 0.110. The minimum atomic E-state index is 0.515. The Kier molecular flexibility index (Phi) is 9.76. The van der Waals surface area contributed by atoms with E-state index in [1.165, 1.54) is 11.1 Å². The Morgan fingerprint density at radius 1 is 0.435 bits per heavy atom. The number of hydrogen-bond donors (Lipinski definition) is 0. The van der Waals surface area contributed by atoms with Crippen molar-refractivity contribution in [1.82, 2.24) is 0 Å². The first kappa shape index (κ1) is 30.3. The van der Waals surface area contributed by atoms with Gasteiger partial charge in [0.15, 0.2) is 25.6 Å². The van der Waals surface area contributed by atoms with Crippen LogP contribution in [0.25, 0.3) is 35.4 Å². The predicted octanol–water partition coefficient (Wildman–Crippen LogP) is 8.50. The molecule has 4 heteroatoms. The van der Waals surface area contributed by atoms with Crippen LogP contribution in [0.1, 0.15) is 33.6 Å². The molecule has 0 saturated carbocycles. The van der Waals surface area contributed by atoms with Gasteiger partial charge < -0.3 is 9.47 Å². The molecule has 0 amide bonds. The second-order valence-corrected chi connectivity index (χ2v) is 11.2. The van der Waals surface area contributed by atoms with Gasteiger partial charge in [-0.25, -0.2) is 9.13 Å². The van der Waals surface area contributed by atoms with Gasteiger partial charge in [0.25, 0.3) is 0 Å². The van der Waals surface area contributed by atoms with E-state index in [0.29, 0.717) is 13.2 Å². The van der Waals surface area contributed by atoms with Crippen LogP contribution in [-0.4, -0.2) is 0 Å². The molecule has 0 aliphatic rings. The smallest absolute Gasteiger partial charge is 0.219 e. The summed E-state index contributed by atoms with van der Waals surface area (Å²) >= 11 is 0. The number of ether oxygens (including phenoxy) is 2. The van der Waals surface area contributed by atoms with Crippen molar-refractivity contribution in [2.45, 2.75) is 13.2 Å². The van der Waals surface area contributed by atoms with Gasteiger partial charge in [-0.05, 0) is 46.5 Å². The molecule has 0 spiro atoms. The zero-order chi connectivity index (χ0) is 31.6. The number of aromatic nitrogens is 2. The van der Waals surface area contributed by atoms with Crippen LogP contribution in [0, 0.1) is 0 Å². The predicted molar refractivity (Wildman–Crippen MR) is 187 cm³/mol. The van der Waals surface area contributed by atoms with Crippen LogP contribution in [0.2, 0.25) is 0 Å². The molecule has 0 radical (unpaired) electrons. The Labute approximate surface area is 271 Å². The van der Waals surface area contributed by atoms with Crippen molar-refractivity contribution in [2.24, 2.45) is 14.1 Å². The van der Waals surface area contributed by atoms with Gasteiger partial charge in [-0.15, -0.1) is 0 Å². The van der Waals surface area contributed by atoms with Crippen LogP contribution >= 0.6 is 0 Å². The second-order valence-electron chi connectivity index (χ2n) is 11.2. The van der Waals surface area contributed by atoms with E-state index in [0.717, 1.165) is 45.1 Å². The first-order valence-corrected chi connectivity index (χ1v) is 15.5. The first-order valence-electron chi connectivity index (χ1n) is 15.5. The highest BCUT2D eigenvalue weighted by atomic mass is 16.5. The summed E-state index contributed by atoms with van der Waals surface area (Å²) in [7, 11) is 4.07. The molecule has 226 valence electrons. The molecule has 46 heavy (non-hydrogen) atoms. The number of pyridine rings is 2. The van der Waals surface area contributed by atoms with Crippen molar-refractivity contribution in [3.63, 3.8) is 0 Å². The van der Waals surface area contributed by atoms with Crippen molar-refractivity contribution in [2.75, 3.05) is 0 Å². The summed E-state index contributed by atoms with van der Waals surface area (Å²) < 4.78 is 16.5. The topological polar surface area (TPSA) is 26.2 Å². The molecule has 0 fully saturated rings. The summed E-state index contributed by atoms with van der Waals surface area (Å²) in [5.41, 5.74) is 8.96. The van der Waals surface area contributed by atoms with Crippen LogP contribution in [-0.2, 0) is 27.3 Å². The molecule has 4 aromatic carbocycles. The van der Waals surface area contributed by atoms with Crippen molar-refractivity contribution < 1.29 is 18.6 Å². The minimum Gasteiger partial charge on any atom is -0.482 e. The third-order valence-corrected chi connectivity index (χ3v) is 7.98. The zero-order valence-electron chi connectivity index (χ0n) is 26.3. The maximum absolute atomic E-state index is 6.17. The van der Waals surface area contributed by atoms with Gasteiger partial charge in [-0.1, -0.05) is 109 Å². The summed E-state index contributed by atoms with van der Waals surface area (Å²) in [6.07, 6.45) is 12.5. The molecule has 0 bridgehead atoms. The maximum Gasteiger partial charge on any atom is 0.219 e. The number of para-hydroxylation sites is 2. The lowest BCUT2D eigenvalue weighted by Gasteiger charge is -2.08. The lowest BCUT2D eigenvalue weighted by Crippen LogP contribution is -2.33. The van der Waals surface area contributed by atoms with Gasteiger partial charge in [-0.2, -0.15) is 0 Å². The molecule has 0 N–H and O–H groups in total. The van der Waals surface area contributed by atoms with Crippen molar-refractivity contribution in [3.8, 4) is 22.6 Å². The van der Waals surface area contributed by atoms with Gasteiger partial charge in [0.2, 0.25) is 11.4 Å². The fourth-order valence-electron chi connectivity index (χ4n) is 5.17. The molecule has 2 heterocycles. The highest BCUT2D eigenvalue weighted by molar-refractivity contribution is 5.76. The van der Waals surface area contributed by atoms with E-state index in [-0.39, 0.29) is 0 Å². The Morgan fingerprint density at radius 3 is 1.24 bits per heavy atom. The van der Waals surface area contributed by atoms with Crippen LogP contribution in [0.5, 0.6) is 11.5 Å². The largest absolute Gasteiger partial charge is 0.482 e. The SMILES string of the molecule is C[n+]1ccccc1COc1ccccc1C=Cc1ccc(-c2ccc(C=Cc3ccccc3OCc3cccc[n+]3C)cc2)cc1. The average molecular weight is 603 g/mol. The minimum absolute atomic E-state index is 0.515. The molecule has 0 unspecified atom stereocenters. The summed E-state index contributed by atoms with van der Waals surface area (Å²) in [6.45, 7) is 1.03. The molecular formula is C42H38N2O2+2. The normalized spacial score (nSPS) is 11.3. The molecule has 6 rings (SSSR count). The summed E-state index contributed by atoms with van der Waals surface area (Å²) in [4.78, 5) is 0. The lowest BCUT2D eigenvalue weighted by atomic mass is 10.0. The fraction of sp³-hybridized carbons (Fsp3) is 0.0952. The highest BCUT2D eigenvalue weighted by Gasteiger charge is 2.09. The molecule has 2 aromatic heterocycles. The van der Waals surface area contributed by atoms with Crippen molar-refractivity contribution in [1.29, 1.82) is 0 Å². The van der Waals surface area contributed by atoms with E-state index in [9.17, 15) is 0 Å². The van der Waals surface area contributed by atoms with Crippen LogP contribution in [0.15, 0.2) is 146 Å². The van der Waals surface area contributed by atoms with E-state index in [1.54, 1.807) is 0 Å². The second kappa shape index (κ2) is 14.8. The Balaban J connectivity index is 1.08. The number of hydrogen-bond acceptors (Lipinski definition) is 2. The summed E-state index contributed by atoms with van der Waals surface area (Å²) in [5, 5.41) is 0. The van der Waals surface area contributed by atoms with Crippen LogP contribution in [0.3, 0.4) is 0 Å². The first-order chi connectivity index (χ1) is 22.6. The van der Waals surface area contributed by atoms with Crippen molar-refractivity contribution >= 4 is 24.3 Å². The van der Waals surface area contributed by atoms with Gasteiger partial charge in [-0.3, -0.25) is 0 Å². The Bertz CT molecular complexity index is 1810. The van der Waals surface area contributed by atoms with E-state index >= 15 is 0 Å². The zero-order valence-corrected chi connectivity index (χ0v) is 26.3. The van der Waals surface area contributed by atoms with Gasteiger partial charge >= 0.3 is 0 Å². The van der Waals surface area contributed by atoms with Gasteiger partial charge in [0, 0.05) is 35.4 Å². The molecular weight excluding hydrogens is 564 g/mol. The van der Waals surface area contributed by atoms with E-state index < -0.39 is 0 Å². The monoisotopic (exact) mass is 602 g/mol. The number of rotatable bonds is 11.